The van der Waals surface area contributed by atoms with Crippen molar-refractivity contribution in [2.24, 2.45) is 19.4 Å². The molecule has 0 amide bonds. The average molecular weight is 402 g/mol. The molecular formula is C22H18N4O2S. The number of nitrogens with zero attached hydrogens (tertiary/aromatic N) is 4. The molecule has 0 aliphatic carbocycles. The molecule has 144 valence electrons. The fourth-order valence-corrected chi connectivity index (χ4v) is 3.84. The van der Waals surface area contributed by atoms with Gasteiger partial charge >= 0.3 is 0 Å². The Morgan fingerprint density at radius 3 is 2.03 bits per heavy atom. The van der Waals surface area contributed by atoms with Crippen molar-refractivity contribution in [2.75, 3.05) is 0 Å². The second-order valence-electron chi connectivity index (χ2n) is 6.69. The van der Waals surface area contributed by atoms with E-state index in [-0.39, 0.29) is 16.6 Å². The molecule has 0 radical (unpaired) electrons. The molecule has 29 heavy (non-hydrogen) atoms. The summed E-state index contributed by atoms with van der Waals surface area (Å²) in [5.41, 5.74) is 2.57. The summed E-state index contributed by atoms with van der Waals surface area (Å²) in [5.74, 6) is 0.120. The summed E-state index contributed by atoms with van der Waals surface area (Å²) in [6.07, 6.45) is 0. The van der Waals surface area contributed by atoms with Gasteiger partial charge in [0.25, 0.3) is 10.0 Å². The Hall–Kier alpha value is -3.45. The Kier molecular flexibility index (Phi) is 4.90. The molecule has 1 aliphatic rings. The molecule has 4 rings (SSSR count). The summed E-state index contributed by atoms with van der Waals surface area (Å²) in [6.45, 7) is 3.81. The third kappa shape index (κ3) is 4.20. The number of fused-ring (bicyclic) bond motifs is 1. The van der Waals surface area contributed by atoms with Gasteiger partial charge in [0, 0.05) is 0 Å². The quantitative estimate of drug-likeness (QED) is 0.674. The van der Waals surface area contributed by atoms with Gasteiger partial charge in [-0.05, 0) is 55.8 Å². The first-order valence-electron chi connectivity index (χ1n) is 9.01. The molecule has 0 fully saturated rings. The van der Waals surface area contributed by atoms with Crippen LogP contribution in [0.25, 0.3) is 0 Å². The Balaban J connectivity index is 1.89. The predicted molar refractivity (Wildman–Crippen MR) is 113 cm³/mol. The molecule has 0 spiro atoms. The largest absolute Gasteiger partial charge is 0.284 e. The van der Waals surface area contributed by atoms with E-state index in [9.17, 15) is 8.42 Å². The number of amidine groups is 2. The average Bonchev–Trinajstić information content (AvgIpc) is 2.70. The zero-order valence-electron chi connectivity index (χ0n) is 15.9. The fourth-order valence-electron chi connectivity index (χ4n) is 2.80. The lowest BCUT2D eigenvalue weighted by Gasteiger charge is -2.07. The van der Waals surface area contributed by atoms with Gasteiger partial charge < -0.3 is 0 Å². The molecule has 0 N–H and O–H groups in total. The van der Waals surface area contributed by atoms with Gasteiger partial charge in [0.15, 0.2) is 5.84 Å². The van der Waals surface area contributed by atoms with E-state index in [1.165, 1.54) is 6.07 Å². The summed E-state index contributed by atoms with van der Waals surface area (Å²) < 4.78 is 29.7. The van der Waals surface area contributed by atoms with Crippen LogP contribution in [0.1, 0.15) is 11.1 Å². The van der Waals surface area contributed by atoms with E-state index in [4.69, 9.17) is 0 Å². The van der Waals surface area contributed by atoms with E-state index in [1.807, 2.05) is 56.3 Å². The third-order valence-corrected chi connectivity index (χ3v) is 5.56. The minimum absolute atomic E-state index is 0.0363. The van der Waals surface area contributed by atoms with Gasteiger partial charge in [-0.15, -0.1) is 4.40 Å². The van der Waals surface area contributed by atoms with Crippen LogP contribution in [0.4, 0.5) is 5.69 Å². The molecule has 3 aromatic carbocycles. The molecule has 0 aromatic heterocycles. The molecule has 1 aliphatic heterocycles. The van der Waals surface area contributed by atoms with Crippen molar-refractivity contribution in [2.45, 2.75) is 18.7 Å². The highest BCUT2D eigenvalue weighted by Gasteiger charge is 2.19. The molecular weight excluding hydrogens is 384 g/mol. The number of aliphatic imine (C=N–C) groups is 1. The first-order chi connectivity index (χ1) is 13.9. The van der Waals surface area contributed by atoms with Crippen molar-refractivity contribution in [1.82, 2.24) is 0 Å². The number of aryl methyl sites for hydroxylation is 2. The summed E-state index contributed by atoms with van der Waals surface area (Å²) in [5, 5.41) is 1.17. The zero-order valence-corrected chi connectivity index (χ0v) is 16.8. The van der Waals surface area contributed by atoms with Crippen molar-refractivity contribution in [3.8, 4) is 0 Å². The van der Waals surface area contributed by atoms with E-state index in [2.05, 4.69) is 19.4 Å². The van der Waals surface area contributed by atoms with Crippen LogP contribution in [0.15, 0.2) is 97.1 Å². The van der Waals surface area contributed by atoms with Crippen molar-refractivity contribution in [3.63, 3.8) is 0 Å². The maximum absolute atomic E-state index is 12.9. The van der Waals surface area contributed by atoms with Crippen molar-refractivity contribution in [3.05, 3.63) is 94.6 Å². The SMILES string of the molecule is Cc1ccc(N=C2N=c3ccccc3=N/C2=N\S(=O)(=O)c2cccc(C)c2)cc1. The van der Waals surface area contributed by atoms with E-state index in [0.29, 0.717) is 16.4 Å². The lowest BCUT2D eigenvalue weighted by Crippen LogP contribution is -2.34. The topological polar surface area (TPSA) is 83.6 Å². The van der Waals surface area contributed by atoms with Gasteiger partial charge in [-0.25, -0.2) is 15.0 Å². The normalized spacial score (nSPS) is 16.2. The number of benzene rings is 3. The van der Waals surface area contributed by atoms with Gasteiger partial charge in [-0.2, -0.15) is 8.42 Å². The third-order valence-electron chi connectivity index (χ3n) is 4.30. The molecule has 0 unspecified atom stereocenters. The Morgan fingerprint density at radius 1 is 0.724 bits per heavy atom. The van der Waals surface area contributed by atoms with Gasteiger partial charge in [0.1, 0.15) is 0 Å². The summed E-state index contributed by atoms with van der Waals surface area (Å²) in [7, 11) is -3.96. The second kappa shape index (κ2) is 7.52. The van der Waals surface area contributed by atoms with Gasteiger partial charge in [0.2, 0.25) is 5.84 Å². The lowest BCUT2D eigenvalue weighted by atomic mass is 10.2. The molecule has 6 nitrogen and oxygen atoms in total. The lowest BCUT2D eigenvalue weighted by molar-refractivity contribution is 0.598. The van der Waals surface area contributed by atoms with Crippen LogP contribution in [-0.2, 0) is 10.0 Å². The molecule has 3 aromatic rings. The Morgan fingerprint density at radius 2 is 1.38 bits per heavy atom. The van der Waals surface area contributed by atoms with Gasteiger partial charge in [-0.3, -0.25) is 0 Å². The van der Waals surface area contributed by atoms with E-state index < -0.39 is 10.0 Å². The van der Waals surface area contributed by atoms with Crippen LogP contribution in [-0.4, -0.2) is 20.1 Å². The van der Waals surface area contributed by atoms with Crippen molar-refractivity contribution >= 4 is 27.4 Å². The number of rotatable bonds is 3. The molecule has 0 saturated heterocycles. The molecule has 0 bridgehead atoms. The first-order valence-corrected chi connectivity index (χ1v) is 10.4. The van der Waals surface area contributed by atoms with Crippen LogP contribution in [0.3, 0.4) is 0 Å². The second-order valence-corrected chi connectivity index (χ2v) is 8.29. The number of sulfonamides is 1. The molecule has 7 heteroatoms. The van der Waals surface area contributed by atoms with Crippen molar-refractivity contribution < 1.29 is 8.42 Å². The maximum Gasteiger partial charge on any atom is 0.284 e. The number of hydrogen-bond donors (Lipinski definition) is 0. The van der Waals surface area contributed by atoms with E-state index in [1.54, 1.807) is 24.3 Å². The number of para-hydroxylation sites is 2. The predicted octanol–water partition coefficient (Wildman–Crippen LogP) is 3.07. The summed E-state index contributed by atoms with van der Waals surface area (Å²) in [4.78, 5) is 13.5. The monoisotopic (exact) mass is 402 g/mol. The fraction of sp³-hybridized carbons (Fsp3) is 0.0909. The first kappa shape index (κ1) is 18.9. The Bertz CT molecular complexity index is 1370. The molecule has 0 saturated carbocycles. The highest BCUT2D eigenvalue weighted by Crippen LogP contribution is 2.17. The molecule has 0 atom stereocenters. The van der Waals surface area contributed by atoms with Gasteiger partial charge in [0.05, 0.1) is 21.3 Å². The van der Waals surface area contributed by atoms with Crippen molar-refractivity contribution in [1.29, 1.82) is 0 Å². The molecule has 1 heterocycles. The van der Waals surface area contributed by atoms with Crippen LogP contribution in [0.5, 0.6) is 0 Å². The summed E-state index contributed by atoms with van der Waals surface area (Å²) in [6, 6.07) is 21.3. The minimum Gasteiger partial charge on any atom is -0.226 e. The zero-order chi connectivity index (χ0) is 20.4. The van der Waals surface area contributed by atoms with E-state index >= 15 is 0 Å². The maximum atomic E-state index is 12.9. The highest BCUT2D eigenvalue weighted by atomic mass is 32.2. The van der Waals surface area contributed by atoms with Crippen LogP contribution < -0.4 is 10.7 Å². The highest BCUT2D eigenvalue weighted by molar-refractivity contribution is 7.90. The van der Waals surface area contributed by atoms with E-state index in [0.717, 1.165) is 11.1 Å². The standard InChI is InChI=1S/C22H18N4O2S/c1-15-10-12-17(13-11-15)23-21-22(25-20-9-4-3-8-19(20)24-21)26-29(27,28)18-7-5-6-16(2)14-18/h3-14H,1-2H3/b23-21?,26-22-. The Labute approximate surface area is 168 Å². The minimum atomic E-state index is -3.96. The number of hydrogen-bond acceptors (Lipinski definition) is 3. The van der Waals surface area contributed by atoms with Crippen LogP contribution >= 0.6 is 0 Å². The van der Waals surface area contributed by atoms with Crippen LogP contribution in [0.2, 0.25) is 0 Å². The van der Waals surface area contributed by atoms with Crippen LogP contribution in [0, 0.1) is 13.8 Å². The summed E-state index contributed by atoms with van der Waals surface area (Å²) >= 11 is 0. The van der Waals surface area contributed by atoms with Gasteiger partial charge in [-0.1, -0.05) is 42.0 Å². The smallest absolute Gasteiger partial charge is 0.226 e.